The number of carbonyl (C=O) groups is 2. The van der Waals surface area contributed by atoms with Crippen LogP contribution in [0.2, 0.25) is 0 Å². The van der Waals surface area contributed by atoms with Gasteiger partial charge in [0.1, 0.15) is 4.88 Å². The van der Waals surface area contributed by atoms with Gasteiger partial charge in [-0.2, -0.15) is 0 Å². The molecule has 1 fully saturated rings. The van der Waals surface area contributed by atoms with E-state index in [1.807, 2.05) is 0 Å². The van der Waals surface area contributed by atoms with Crippen molar-refractivity contribution in [3.63, 3.8) is 0 Å². The summed E-state index contributed by atoms with van der Waals surface area (Å²) in [6.45, 7) is 6.12. The second kappa shape index (κ2) is 5.13. The van der Waals surface area contributed by atoms with Crippen LogP contribution < -0.4 is 4.90 Å². The molecular formula is C13H17N3O2S. The molecule has 0 aliphatic carbocycles. The highest BCUT2D eigenvalue weighted by Crippen LogP contribution is 2.31. The number of aromatic nitrogens is 1. The Morgan fingerprint density at radius 1 is 1.58 bits per heavy atom. The summed E-state index contributed by atoms with van der Waals surface area (Å²) in [7, 11) is 3.41. The SMILES string of the molecule is C=CC1CC(=O)N(c2nc(C)c(C(=O)N(C)C)s2)C1. The number of carbonyl (C=O) groups excluding carboxylic acids is 2. The standard InChI is InChI=1S/C13H17N3O2S/c1-5-9-6-10(17)16(7-9)13-14-8(2)11(19-13)12(18)15(3)4/h5,9H,1,6-7H2,2-4H3. The van der Waals surface area contributed by atoms with Crippen LogP contribution in [0.5, 0.6) is 0 Å². The maximum Gasteiger partial charge on any atom is 0.265 e. The number of anilines is 1. The number of thiazole rings is 1. The monoisotopic (exact) mass is 279 g/mol. The molecule has 1 aliphatic rings. The van der Waals surface area contributed by atoms with E-state index in [-0.39, 0.29) is 17.7 Å². The van der Waals surface area contributed by atoms with Gasteiger partial charge in [0.25, 0.3) is 5.91 Å². The van der Waals surface area contributed by atoms with Crippen molar-refractivity contribution in [2.75, 3.05) is 25.5 Å². The minimum absolute atomic E-state index is 0.0440. The fourth-order valence-electron chi connectivity index (χ4n) is 1.98. The van der Waals surface area contributed by atoms with Gasteiger partial charge in [0, 0.05) is 33.0 Å². The van der Waals surface area contributed by atoms with Gasteiger partial charge in [-0.1, -0.05) is 17.4 Å². The first-order valence-electron chi connectivity index (χ1n) is 6.06. The van der Waals surface area contributed by atoms with E-state index in [0.717, 1.165) is 0 Å². The highest BCUT2D eigenvalue weighted by Gasteiger charge is 2.31. The van der Waals surface area contributed by atoms with Crippen LogP contribution in [0.1, 0.15) is 21.8 Å². The van der Waals surface area contributed by atoms with E-state index in [1.165, 1.54) is 16.2 Å². The summed E-state index contributed by atoms with van der Waals surface area (Å²) in [5.41, 5.74) is 0.675. The Kier molecular flexibility index (Phi) is 3.71. The van der Waals surface area contributed by atoms with Crippen LogP contribution in [0, 0.1) is 12.8 Å². The summed E-state index contributed by atoms with van der Waals surface area (Å²) >= 11 is 1.28. The Hall–Kier alpha value is -1.69. The topological polar surface area (TPSA) is 53.5 Å². The average molecular weight is 279 g/mol. The van der Waals surface area contributed by atoms with Crippen LogP contribution in [0.4, 0.5) is 5.13 Å². The smallest absolute Gasteiger partial charge is 0.265 e. The van der Waals surface area contributed by atoms with Crippen LogP contribution >= 0.6 is 11.3 Å². The third-order valence-corrected chi connectivity index (χ3v) is 4.27. The van der Waals surface area contributed by atoms with Crippen molar-refractivity contribution in [3.05, 3.63) is 23.2 Å². The van der Waals surface area contributed by atoms with Gasteiger partial charge in [-0.15, -0.1) is 6.58 Å². The third-order valence-electron chi connectivity index (χ3n) is 3.10. The van der Waals surface area contributed by atoms with Crippen LogP contribution in [0.25, 0.3) is 0 Å². The van der Waals surface area contributed by atoms with Crippen LogP contribution in [-0.2, 0) is 4.79 Å². The Balaban J connectivity index is 2.28. The number of amides is 2. The minimum Gasteiger partial charge on any atom is -0.344 e. The Bertz CT molecular complexity index is 536. The van der Waals surface area contributed by atoms with Gasteiger partial charge >= 0.3 is 0 Å². The largest absolute Gasteiger partial charge is 0.344 e. The molecule has 2 rings (SSSR count). The van der Waals surface area contributed by atoms with E-state index < -0.39 is 0 Å². The van der Waals surface area contributed by atoms with E-state index in [4.69, 9.17) is 0 Å². The number of aryl methyl sites for hydroxylation is 1. The summed E-state index contributed by atoms with van der Waals surface area (Å²) in [5.74, 6) is 0.139. The third kappa shape index (κ3) is 2.53. The number of hydrogen-bond acceptors (Lipinski definition) is 4. The number of rotatable bonds is 3. The molecule has 1 aromatic heterocycles. The number of hydrogen-bond donors (Lipinski definition) is 0. The first-order valence-corrected chi connectivity index (χ1v) is 6.87. The fraction of sp³-hybridized carbons (Fsp3) is 0.462. The lowest BCUT2D eigenvalue weighted by atomic mass is 10.1. The highest BCUT2D eigenvalue weighted by molar-refractivity contribution is 7.17. The summed E-state index contributed by atoms with van der Waals surface area (Å²) in [4.78, 5) is 32.0. The van der Waals surface area contributed by atoms with Gasteiger partial charge in [-0.05, 0) is 6.92 Å². The molecule has 0 aromatic carbocycles. The van der Waals surface area contributed by atoms with Gasteiger partial charge in [-0.25, -0.2) is 4.98 Å². The minimum atomic E-state index is -0.0758. The molecule has 1 aromatic rings. The van der Waals surface area contributed by atoms with Crippen LogP contribution in [0.3, 0.4) is 0 Å². The van der Waals surface area contributed by atoms with Crippen LogP contribution in [-0.4, -0.2) is 42.3 Å². The van der Waals surface area contributed by atoms with E-state index in [1.54, 1.807) is 32.0 Å². The first kappa shape index (κ1) is 13.7. The summed E-state index contributed by atoms with van der Waals surface area (Å²) in [6, 6.07) is 0. The van der Waals surface area contributed by atoms with Gasteiger partial charge in [0.05, 0.1) is 5.69 Å². The van der Waals surface area contributed by atoms with Gasteiger partial charge in [-0.3, -0.25) is 14.5 Å². The Morgan fingerprint density at radius 3 is 2.79 bits per heavy atom. The van der Waals surface area contributed by atoms with Gasteiger partial charge < -0.3 is 4.90 Å². The molecule has 0 radical (unpaired) electrons. The second-order valence-electron chi connectivity index (χ2n) is 4.81. The molecule has 2 heterocycles. The van der Waals surface area contributed by atoms with Crippen molar-refractivity contribution >= 4 is 28.3 Å². The van der Waals surface area contributed by atoms with Gasteiger partial charge in [0.15, 0.2) is 5.13 Å². The lowest BCUT2D eigenvalue weighted by molar-refractivity contribution is -0.117. The van der Waals surface area contributed by atoms with Crippen LogP contribution in [0.15, 0.2) is 12.7 Å². The molecule has 0 saturated carbocycles. The zero-order chi connectivity index (χ0) is 14.2. The van der Waals surface area contributed by atoms with E-state index >= 15 is 0 Å². The molecule has 6 heteroatoms. The quantitative estimate of drug-likeness (QED) is 0.791. The van der Waals surface area contributed by atoms with Crippen molar-refractivity contribution in [1.82, 2.24) is 9.88 Å². The normalized spacial score (nSPS) is 18.8. The predicted molar refractivity (Wildman–Crippen MR) is 75.5 cm³/mol. The molecule has 1 unspecified atom stereocenters. The maximum atomic E-state index is 12.0. The molecule has 1 aliphatic heterocycles. The predicted octanol–water partition coefficient (Wildman–Crippen LogP) is 1.69. The molecule has 5 nitrogen and oxygen atoms in total. The van der Waals surface area contributed by atoms with Crippen molar-refractivity contribution in [2.45, 2.75) is 13.3 Å². The second-order valence-corrected chi connectivity index (χ2v) is 5.79. The molecular weight excluding hydrogens is 262 g/mol. The molecule has 1 saturated heterocycles. The number of nitrogens with zero attached hydrogens (tertiary/aromatic N) is 3. The lowest BCUT2D eigenvalue weighted by Crippen LogP contribution is -2.24. The molecule has 102 valence electrons. The Morgan fingerprint density at radius 2 is 2.26 bits per heavy atom. The zero-order valence-corrected chi connectivity index (χ0v) is 12.2. The maximum absolute atomic E-state index is 12.0. The van der Waals surface area contributed by atoms with Crippen molar-refractivity contribution in [2.24, 2.45) is 5.92 Å². The van der Waals surface area contributed by atoms with Crippen molar-refractivity contribution < 1.29 is 9.59 Å². The van der Waals surface area contributed by atoms with E-state index in [2.05, 4.69) is 11.6 Å². The summed E-state index contributed by atoms with van der Waals surface area (Å²) in [6.07, 6.45) is 2.27. The summed E-state index contributed by atoms with van der Waals surface area (Å²) < 4.78 is 0. The average Bonchev–Trinajstić information content (AvgIpc) is 2.91. The molecule has 0 bridgehead atoms. The van der Waals surface area contributed by atoms with E-state index in [9.17, 15) is 9.59 Å². The first-order chi connectivity index (χ1) is 8.93. The van der Waals surface area contributed by atoms with Crippen molar-refractivity contribution in [3.8, 4) is 0 Å². The van der Waals surface area contributed by atoms with Gasteiger partial charge in [0.2, 0.25) is 5.91 Å². The van der Waals surface area contributed by atoms with E-state index in [0.29, 0.717) is 28.7 Å². The molecule has 0 spiro atoms. The Labute approximate surface area is 116 Å². The molecule has 0 N–H and O–H groups in total. The summed E-state index contributed by atoms with van der Waals surface area (Å²) in [5, 5.41) is 0.608. The highest BCUT2D eigenvalue weighted by atomic mass is 32.1. The van der Waals surface area contributed by atoms with Crippen molar-refractivity contribution in [1.29, 1.82) is 0 Å². The molecule has 2 amide bonds. The zero-order valence-electron chi connectivity index (χ0n) is 11.3. The molecule has 19 heavy (non-hydrogen) atoms. The lowest BCUT2D eigenvalue weighted by Gasteiger charge is -2.11. The fourth-order valence-corrected chi connectivity index (χ4v) is 3.09. The molecule has 1 atom stereocenters.